The predicted molar refractivity (Wildman–Crippen MR) is 67.4 cm³/mol. The van der Waals surface area contributed by atoms with Crippen LogP contribution in [0.2, 0.25) is 0 Å². The van der Waals surface area contributed by atoms with Crippen molar-refractivity contribution in [2.75, 3.05) is 5.32 Å². The van der Waals surface area contributed by atoms with Crippen molar-refractivity contribution in [3.05, 3.63) is 16.5 Å². The van der Waals surface area contributed by atoms with Gasteiger partial charge in [-0.25, -0.2) is 4.79 Å². The van der Waals surface area contributed by atoms with Gasteiger partial charge in [-0.05, 0) is 39.3 Å². The second-order valence-electron chi connectivity index (χ2n) is 4.61. The van der Waals surface area contributed by atoms with Crippen molar-refractivity contribution >= 4 is 28.3 Å². The Kier molecular flexibility index (Phi) is 3.77. The molecule has 0 spiro atoms. The van der Waals surface area contributed by atoms with Crippen LogP contribution in [0.1, 0.15) is 36.0 Å². The Balaban J connectivity index is 2.73. The highest BCUT2D eigenvalue weighted by Gasteiger charge is 2.18. The number of rotatable bonds is 2. The van der Waals surface area contributed by atoms with Crippen LogP contribution in [-0.2, 0) is 4.74 Å². The van der Waals surface area contributed by atoms with E-state index in [2.05, 4.69) is 5.32 Å². The number of primary amides is 1. The summed E-state index contributed by atoms with van der Waals surface area (Å²) in [7, 11) is 0. The Morgan fingerprint density at radius 1 is 1.41 bits per heavy atom. The van der Waals surface area contributed by atoms with Crippen LogP contribution in [0, 0.1) is 6.92 Å². The average Bonchev–Trinajstić information content (AvgIpc) is 2.42. The van der Waals surface area contributed by atoms with Gasteiger partial charge in [0.2, 0.25) is 0 Å². The van der Waals surface area contributed by atoms with Crippen LogP contribution in [-0.4, -0.2) is 17.6 Å². The van der Waals surface area contributed by atoms with Crippen LogP contribution in [0.3, 0.4) is 0 Å². The molecule has 0 aromatic carbocycles. The second-order valence-corrected chi connectivity index (χ2v) is 5.67. The monoisotopic (exact) mass is 256 g/mol. The zero-order chi connectivity index (χ0) is 13.2. The number of amides is 2. The first kappa shape index (κ1) is 13.5. The lowest BCUT2D eigenvalue weighted by Gasteiger charge is -2.19. The molecule has 1 heterocycles. The third-order valence-electron chi connectivity index (χ3n) is 1.77. The van der Waals surface area contributed by atoms with E-state index in [1.807, 2.05) is 0 Å². The van der Waals surface area contributed by atoms with E-state index < -0.39 is 17.6 Å². The molecule has 3 N–H and O–H groups in total. The van der Waals surface area contributed by atoms with E-state index >= 15 is 0 Å². The fourth-order valence-electron chi connectivity index (χ4n) is 1.19. The highest BCUT2D eigenvalue weighted by Crippen LogP contribution is 2.26. The molecule has 0 unspecified atom stereocenters. The third kappa shape index (κ3) is 4.07. The molecule has 17 heavy (non-hydrogen) atoms. The Bertz CT molecular complexity index is 446. The average molecular weight is 256 g/mol. The summed E-state index contributed by atoms with van der Waals surface area (Å²) in [6.07, 6.45) is -0.547. The molecule has 0 aliphatic rings. The van der Waals surface area contributed by atoms with Gasteiger partial charge in [0, 0.05) is 0 Å². The molecule has 0 radical (unpaired) electrons. The second kappa shape index (κ2) is 4.75. The van der Waals surface area contributed by atoms with Gasteiger partial charge in [0.1, 0.15) is 5.60 Å². The minimum atomic E-state index is -0.553. The first-order valence-electron chi connectivity index (χ1n) is 5.09. The molecule has 2 amide bonds. The van der Waals surface area contributed by atoms with Gasteiger partial charge in [-0.15, -0.1) is 11.3 Å². The molecule has 0 saturated heterocycles. The molecule has 0 aliphatic heterocycles. The summed E-state index contributed by atoms with van der Waals surface area (Å²) in [5, 5.41) is 3.11. The number of carbonyl (C=O) groups is 2. The number of nitrogens with one attached hydrogen (secondary N) is 1. The standard InChI is InChI=1S/C11H16N2O3S/c1-6-5-7(17-8(6)9(12)14)13-10(15)16-11(2,3)4/h5H,1-4H3,(H2,12,14)(H,13,15). The molecule has 1 aromatic rings. The highest BCUT2D eigenvalue weighted by atomic mass is 32.1. The smallest absolute Gasteiger partial charge is 0.412 e. The fourth-order valence-corrected chi connectivity index (χ4v) is 2.10. The quantitative estimate of drug-likeness (QED) is 0.853. The Hall–Kier alpha value is -1.56. The molecule has 5 nitrogen and oxygen atoms in total. The van der Waals surface area contributed by atoms with E-state index in [9.17, 15) is 9.59 Å². The van der Waals surface area contributed by atoms with Crippen LogP contribution < -0.4 is 11.1 Å². The van der Waals surface area contributed by atoms with Crippen molar-refractivity contribution in [2.24, 2.45) is 5.73 Å². The van der Waals surface area contributed by atoms with Crippen molar-refractivity contribution in [3.63, 3.8) is 0 Å². The molecule has 1 aromatic heterocycles. The predicted octanol–water partition coefficient (Wildman–Crippen LogP) is 2.50. The summed E-state index contributed by atoms with van der Waals surface area (Å²) in [4.78, 5) is 23.0. The van der Waals surface area contributed by atoms with Crippen molar-refractivity contribution < 1.29 is 14.3 Å². The molecule has 1 rings (SSSR count). The SMILES string of the molecule is Cc1cc(NC(=O)OC(C)(C)C)sc1C(N)=O. The number of hydrogen-bond donors (Lipinski definition) is 2. The van der Waals surface area contributed by atoms with E-state index in [0.717, 1.165) is 16.9 Å². The maximum atomic E-state index is 11.5. The van der Waals surface area contributed by atoms with Crippen molar-refractivity contribution in [3.8, 4) is 0 Å². The summed E-state index contributed by atoms with van der Waals surface area (Å²) in [5.74, 6) is -0.496. The van der Waals surface area contributed by atoms with Crippen molar-refractivity contribution in [1.29, 1.82) is 0 Å². The van der Waals surface area contributed by atoms with Crippen molar-refractivity contribution in [2.45, 2.75) is 33.3 Å². The molecular weight excluding hydrogens is 240 g/mol. The van der Waals surface area contributed by atoms with Crippen LogP contribution >= 0.6 is 11.3 Å². The maximum absolute atomic E-state index is 11.5. The third-order valence-corrected chi connectivity index (χ3v) is 2.93. The van der Waals surface area contributed by atoms with Gasteiger partial charge in [0.15, 0.2) is 0 Å². The number of anilines is 1. The van der Waals surface area contributed by atoms with Gasteiger partial charge in [0.25, 0.3) is 5.91 Å². The number of aryl methyl sites for hydroxylation is 1. The van der Waals surface area contributed by atoms with Gasteiger partial charge < -0.3 is 10.5 Å². The summed E-state index contributed by atoms with van der Waals surface area (Å²) < 4.78 is 5.09. The largest absolute Gasteiger partial charge is 0.444 e. The molecule has 0 aliphatic carbocycles. The van der Waals surface area contributed by atoms with E-state index in [-0.39, 0.29) is 0 Å². The summed E-state index contributed by atoms with van der Waals surface area (Å²) >= 11 is 1.14. The molecule has 0 atom stereocenters. The normalized spacial score (nSPS) is 11.1. The lowest BCUT2D eigenvalue weighted by molar-refractivity contribution is 0.0636. The van der Waals surface area contributed by atoms with Crippen LogP contribution in [0.25, 0.3) is 0 Å². The zero-order valence-corrected chi connectivity index (χ0v) is 11.1. The van der Waals surface area contributed by atoms with Crippen LogP contribution in [0.15, 0.2) is 6.07 Å². The number of hydrogen-bond acceptors (Lipinski definition) is 4. The molecule has 6 heteroatoms. The van der Waals surface area contributed by atoms with E-state index in [1.54, 1.807) is 33.8 Å². The molecule has 0 saturated carbocycles. The fraction of sp³-hybridized carbons (Fsp3) is 0.455. The number of nitrogens with two attached hydrogens (primary N) is 1. The van der Waals surface area contributed by atoms with E-state index in [1.165, 1.54) is 0 Å². The van der Waals surface area contributed by atoms with E-state index in [0.29, 0.717) is 9.88 Å². The molecule has 0 bridgehead atoms. The Labute approximate surface area is 104 Å². The summed E-state index contributed by atoms with van der Waals surface area (Å²) in [5.41, 5.74) is 5.38. The van der Waals surface area contributed by atoms with Gasteiger partial charge in [-0.3, -0.25) is 10.1 Å². The molecule has 94 valence electrons. The number of ether oxygens (including phenoxy) is 1. The number of thiophene rings is 1. The summed E-state index contributed by atoms with van der Waals surface area (Å²) in [6, 6.07) is 1.69. The zero-order valence-electron chi connectivity index (χ0n) is 10.3. The van der Waals surface area contributed by atoms with Gasteiger partial charge >= 0.3 is 6.09 Å². The topological polar surface area (TPSA) is 81.4 Å². The van der Waals surface area contributed by atoms with E-state index in [4.69, 9.17) is 10.5 Å². The first-order valence-corrected chi connectivity index (χ1v) is 5.91. The molecule has 0 fully saturated rings. The summed E-state index contributed by atoms with van der Waals surface area (Å²) in [6.45, 7) is 7.10. The number of carbonyl (C=O) groups excluding carboxylic acids is 2. The Morgan fingerprint density at radius 3 is 2.41 bits per heavy atom. The minimum Gasteiger partial charge on any atom is -0.444 e. The highest BCUT2D eigenvalue weighted by molar-refractivity contribution is 7.18. The minimum absolute atomic E-state index is 0.441. The maximum Gasteiger partial charge on any atom is 0.412 e. The van der Waals surface area contributed by atoms with Gasteiger partial charge in [-0.2, -0.15) is 0 Å². The van der Waals surface area contributed by atoms with Crippen LogP contribution in [0.5, 0.6) is 0 Å². The molecular formula is C11H16N2O3S. The van der Waals surface area contributed by atoms with Gasteiger partial charge in [0.05, 0.1) is 9.88 Å². The lowest BCUT2D eigenvalue weighted by atomic mass is 10.2. The van der Waals surface area contributed by atoms with Gasteiger partial charge in [-0.1, -0.05) is 0 Å². The lowest BCUT2D eigenvalue weighted by Crippen LogP contribution is -2.26. The van der Waals surface area contributed by atoms with Crippen molar-refractivity contribution in [1.82, 2.24) is 0 Å². The van der Waals surface area contributed by atoms with Crippen LogP contribution in [0.4, 0.5) is 9.80 Å². The first-order chi connectivity index (χ1) is 7.69. The Morgan fingerprint density at radius 2 is 2.00 bits per heavy atom.